The Labute approximate surface area is 189 Å². The summed E-state index contributed by atoms with van der Waals surface area (Å²) in [7, 11) is -3.79. The summed E-state index contributed by atoms with van der Waals surface area (Å²) in [4.78, 5) is 14.8. The van der Waals surface area contributed by atoms with Gasteiger partial charge >= 0.3 is 0 Å². The van der Waals surface area contributed by atoms with Crippen molar-refractivity contribution in [3.8, 4) is 0 Å². The van der Waals surface area contributed by atoms with Crippen LogP contribution in [0.25, 0.3) is 0 Å². The molecule has 2 aromatic rings. The first-order chi connectivity index (χ1) is 15.2. The Hall–Kier alpha value is -2.33. The molecule has 0 radical (unpaired) electrons. The smallest absolute Gasteiger partial charge is 0.254 e. The number of ether oxygens (including phenoxy) is 1. The normalized spacial score (nSPS) is 19.6. The predicted octanol–water partition coefficient (Wildman–Crippen LogP) is 2.66. The van der Waals surface area contributed by atoms with Gasteiger partial charge in [0.2, 0.25) is 10.0 Å². The second kappa shape index (κ2) is 10.5. The molecule has 1 aliphatic rings. The number of nitrogens with zero attached hydrogens (tertiary/aromatic N) is 1. The first-order valence-corrected chi connectivity index (χ1v) is 12.2. The van der Waals surface area contributed by atoms with E-state index in [1.165, 1.54) is 0 Å². The standard InChI is InChI=1S/C23H30FN3O4S/c1-4-26-32(29,30)20-9-10-22(24)21(11-20)23(28)25-12-18-7-5-6-8-19(18)15-27-13-16(2)31-17(3)14-27/h5-11,16-17,26H,4,12-15H2,1-3H3,(H,25,28). The maximum absolute atomic E-state index is 14.3. The first kappa shape index (κ1) is 24.3. The van der Waals surface area contributed by atoms with Crippen LogP contribution in [0.4, 0.5) is 4.39 Å². The largest absolute Gasteiger partial charge is 0.373 e. The van der Waals surface area contributed by atoms with E-state index in [1.807, 2.05) is 38.1 Å². The van der Waals surface area contributed by atoms with Gasteiger partial charge in [0.05, 0.1) is 22.7 Å². The van der Waals surface area contributed by atoms with Crippen LogP contribution in [0.5, 0.6) is 0 Å². The molecular weight excluding hydrogens is 433 g/mol. The minimum atomic E-state index is -3.79. The van der Waals surface area contributed by atoms with E-state index in [2.05, 4.69) is 14.9 Å². The van der Waals surface area contributed by atoms with Crippen LogP contribution in [-0.2, 0) is 27.8 Å². The first-order valence-electron chi connectivity index (χ1n) is 10.7. The van der Waals surface area contributed by atoms with Crippen molar-refractivity contribution in [2.45, 2.75) is 51.0 Å². The van der Waals surface area contributed by atoms with Crippen LogP contribution in [0, 0.1) is 5.82 Å². The summed E-state index contributed by atoms with van der Waals surface area (Å²) < 4.78 is 46.8. The fraction of sp³-hybridized carbons (Fsp3) is 0.435. The van der Waals surface area contributed by atoms with Crippen LogP contribution in [-0.4, -0.2) is 51.1 Å². The van der Waals surface area contributed by atoms with E-state index in [4.69, 9.17) is 4.74 Å². The Kier molecular flexibility index (Phi) is 8.00. The van der Waals surface area contributed by atoms with Crippen molar-refractivity contribution in [1.82, 2.24) is 14.9 Å². The highest BCUT2D eigenvalue weighted by Crippen LogP contribution is 2.18. The minimum absolute atomic E-state index is 0.151. The van der Waals surface area contributed by atoms with Crippen molar-refractivity contribution in [3.63, 3.8) is 0 Å². The molecule has 32 heavy (non-hydrogen) atoms. The molecule has 3 rings (SSSR count). The van der Waals surface area contributed by atoms with Crippen LogP contribution < -0.4 is 10.0 Å². The Morgan fingerprint density at radius 1 is 1.12 bits per heavy atom. The second-order valence-electron chi connectivity index (χ2n) is 8.05. The van der Waals surface area contributed by atoms with Crippen LogP contribution in [0.2, 0.25) is 0 Å². The molecule has 1 saturated heterocycles. The molecule has 0 aromatic heterocycles. The van der Waals surface area contributed by atoms with Crippen molar-refractivity contribution >= 4 is 15.9 Å². The predicted molar refractivity (Wildman–Crippen MR) is 120 cm³/mol. The molecule has 0 aliphatic carbocycles. The molecule has 1 amide bonds. The zero-order valence-corrected chi connectivity index (χ0v) is 19.4. The van der Waals surface area contributed by atoms with Gasteiger partial charge in [-0.2, -0.15) is 0 Å². The van der Waals surface area contributed by atoms with Crippen molar-refractivity contribution in [3.05, 3.63) is 65.0 Å². The molecule has 1 aliphatic heterocycles. The molecule has 2 unspecified atom stereocenters. The zero-order chi connectivity index (χ0) is 23.3. The van der Waals surface area contributed by atoms with Crippen LogP contribution >= 0.6 is 0 Å². The maximum atomic E-state index is 14.3. The van der Waals surface area contributed by atoms with E-state index in [1.54, 1.807) is 6.92 Å². The Morgan fingerprint density at radius 3 is 2.44 bits per heavy atom. The highest BCUT2D eigenvalue weighted by atomic mass is 32.2. The summed E-state index contributed by atoms with van der Waals surface area (Å²) in [5, 5.41) is 2.72. The number of hydrogen-bond donors (Lipinski definition) is 2. The van der Waals surface area contributed by atoms with Gasteiger partial charge in [0.15, 0.2) is 0 Å². The highest BCUT2D eigenvalue weighted by Gasteiger charge is 2.23. The lowest BCUT2D eigenvalue weighted by atomic mass is 10.1. The number of carbonyl (C=O) groups excluding carboxylic acids is 1. The Bertz CT molecular complexity index is 1050. The third-order valence-electron chi connectivity index (χ3n) is 5.27. The quantitative estimate of drug-likeness (QED) is 0.629. The van der Waals surface area contributed by atoms with Gasteiger partial charge in [0.1, 0.15) is 5.82 Å². The lowest BCUT2D eigenvalue weighted by Crippen LogP contribution is -2.45. The number of hydrogen-bond acceptors (Lipinski definition) is 5. The third-order valence-corrected chi connectivity index (χ3v) is 6.82. The van der Waals surface area contributed by atoms with Gasteiger partial charge in [-0.05, 0) is 43.2 Å². The van der Waals surface area contributed by atoms with Crippen molar-refractivity contribution in [2.75, 3.05) is 19.6 Å². The number of rotatable bonds is 8. The molecule has 2 atom stereocenters. The maximum Gasteiger partial charge on any atom is 0.254 e. The van der Waals surface area contributed by atoms with Gasteiger partial charge in [-0.25, -0.2) is 17.5 Å². The van der Waals surface area contributed by atoms with E-state index in [-0.39, 0.29) is 35.8 Å². The Morgan fingerprint density at radius 2 is 1.78 bits per heavy atom. The molecule has 1 fully saturated rings. The number of morpholine rings is 1. The summed E-state index contributed by atoms with van der Waals surface area (Å²) in [5.74, 6) is -1.44. The molecule has 7 nitrogen and oxygen atoms in total. The average Bonchev–Trinajstić information content (AvgIpc) is 2.72. The summed E-state index contributed by atoms with van der Waals surface area (Å²) in [6.45, 7) is 8.50. The third kappa shape index (κ3) is 6.13. The van der Waals surface area contributed by atoms with Crippen LogP contribution in [0.1, 0.15) is 42.3 Å². The molecule has 9 heteroatoms. The molecule has 0 spiro atoms. The second-order valence-corrected chi connectivity index (χ2v) is 9.81. The molecule has 174 valence electrons. The fourth-order valence-corrected chi connectivity index (χ4v) is 5.00. The number of amides is 1. The van der Waals surface area contributed by atoms with Gasteiger partial charge in [-0.15, -0.1) is 0 Å². The number of halogens is 1. The number of benzene rings is 2. The van der Waals surface area contributed by atoms with Gasteiger partial charge in [-0.3, -0.25) is 9.69 Å². The minimum Gasteiger partial charge on any atom is -0.373 e. The highest BCUT2D eigenvalue weighted by molar-refractivity contribution is 7.89. The van der Waals surface area contributed by atoms with E-state index < -0.39 is 21.7 Å². The fourth-order valence-electron chi connectivity index (χ4n) is 3.93. The van der Waals surface area contributed by atoms with Gasteiger partial charge in [0, 0.05) is 32.7 Å². The van der Waals surface area contributed by atoms with Crippen molar-refractivity contribution < 1.29 is 22.3 Å². The molecule has 2 N–H and O–H groups in total. The topological polar surface area (TPSA) is 87.7 Å². The van der Waals surface area contributed by atoms with E-state index in [0.29, 0.717) is 0 Å². The van der Waals surface area contributed by atoms with E-state index in [9.17, 15) is 17.6 Å². The molecular formula is C23H30FN3O4S. The summed E-state index contributed by atoms with van der Waals surface area (Å²) >= 11 is 0. The molecule has 0 saturated carbocycles. The van der Waals surface area contributed by atoms with E-state index in [0.717, 1.165) is 49.0 Å². The average molecular weight is 464 g/mol. The van der Waals surface area contributed by atoms with Crippen LogP contribution in [0.15, 0.2) is 47.4 Å². The van der Waals surface area contributed by atoms with Crippen molar-refractivity contribution in [1.29, 1.82) is 0 Å². The van der Waals surface area contributed by atoms with Crippen molar-refractivity contribution in [2.24, 2.45) is 0 Å². The number of carbonyl (C=O) groups is 1. The zero-order valence-electron chi connectivity index (χ0n) is 18.6. The summed E-state index contributed by atoms with van der Waals surface area (Å²) in [6.07, 6.45) is 0.304. The van der Waals surface area contributed by atoms with Gasteiger partial charge < -0.3 is 10.1 Å². The summed E-state index contributed by atoms with van der Waals surface area (Å²) in [5.41, 5.74) is 1.68. The van der Waals surface area contributed by atoms with Gasteiger partial charge in [-0.1, -0.05) is 31.2 Å². The lowest BCUT2D eigenvalue weighted by molar-refractivity contribution is -0.0705. The number of nitrogens with one attached hydrogen (secondary N) is 2. The van der Waals surface area contributed by atoms with Crippen LogP contribution in [0.3, 0.4) is 0 Å². The SMILES string of the molecule is CCNS(=O)(=O)c1ccc(F)c(C(=O)NCc2ccccc2CN2CC(C)OC(C)C2)c1. The van der Waals surface area contributed by atoms with Gasteiger partial charge in [0.25, 0.3) is 5.91 Å². The summed E-state index contributed by atoms with van der Waals surface area (Å²) in [6, 6.07) is 11.0. The van der Waals surface area contributed by atoms with E-state index >= 15 is 0 Å². The molecule has 0 bridgehead atoms. The Balaban J connectivity index is 1.72. The number of sulfonamides is 1. The molecule has 1 heterocycles. The monoisotopic (exact) mass is 463 g/mol. The molecule has 2 aromatic carbocycles. The lowest BCUT2D eigenvalue weighted by Gasteiger charge is -2.35.